The van der Waals surface area contributed by atoms with Crippen molar-refractivity contribution in [2.45, 2.75) is 0 Å². The van der Waals surface area contributed by atoms with Crippen molar-refractivity contribution in [1.29, 1.82) is 0 Å². The van der Waals surface area contributed by atoms with Crippen molar-refractivity contribution < 1.29 is 14.3 Å². The molecule has 2 aromatic carbocycles. The summed E-state index contributed by atoms with van der Waals surface area (Å²) in [6.07, 6.45) is 1.44. The van der Waals surface area contributed by atoms with Gasteiger partial charge in [-0.1, -0.05) is 30.3 Å². The van der Waals surface area contributed by atoms with Crippen LogP contribution in [0.3, 0.4) is 0 Å². The minimum Gasteiger partial charge on any atom is -0.503 e. The lowest BCUT2D eigenvalue weighted by atomic mass is 10.0. The number of ether oxygens (including phenoxy) is 2. The van der Waals surface area contributed by atoms with Crippen LogP contribution in [0, 0.1) is 0 Å². The second kappa shape index (κ2) is 5.58. The topological polar surface area (TPSA) is 35.5 Å². The van der Waals surface area contributed by atoms with Crippen LogP contribution in [0.25, 0.3) is 25.7 Å². The smallest absolute Gasteiger partial charge is 0.341 e. The van der Waals surface area contributed by atoms with E-state index >= 15 is 0 Å². The number of thiophene rings is 1. The highest BCUT2D eigenvalue weighted by Gasteiger charge is 2.18. The molecule has 1 heterocycles. The molecule has 0 atom stereocenters. The molecule has 3 rings (SSSR count). The van der Waals surface area contributed by atoms with E-state index in [0.717, 1.165) is 21.0 Å². The van der Waals surface area contributed by atoms with Crippen LogP contribution in [0.15, 0.2) is 48.7 Å². The molecule has 106 valence electrons. The van der Waals surface area contributed by atoms with Gasteiger partial charge in [-0.25, -0.2) is 4.79 Å². The lowest BCUT2D eigenvalue weighted by Gasteiger charge is -2.07. The van der Waals surface area contributed by atoms with Gasteiger partial charge in [0, 0.05) is 25.7 Å². The van der Waals surface area contributed by atoms with Gasteiger partial charge in [0.25, 0.3) is 0 Å². The molecule has 0 unspecified atom stereocenters. The lowest BCUT2D eigenvalue weighted by Crippen LogP contribution is -2.04. The Balaban J connectivity index is 2.36. The van der Waals surface area contributed by atoms with Crippen LogP contribution in [0.2, 0.25) is 0 Å². The van der Waals surface area contributed by atoms with Gasteiger partial charge in [-0.3, -0.25) is 0 Å². The molecule has 0 fully saturated rings. The summed E-state index contributed by atoms with van der Waals surface area (Å²) in [6, 6.07) is 14.1. The van der Waals surface area contributed by atoms with Crippen molar-refractivity contribution in [3.8, 4) is 0 Å². The third kappa shape index (κ3) is 2.28. The Hall–Kier alpha value is -2.33. The monoisotopic (exact) mass is 298 g/mol. The van der Waals surface area contributed by atoms with E-state index < -0.39 is 5.97 Å². The van der Waals surface area contributed by atoms with Crippen LogP contribution in [0.4, 0.5) is 0 Å². The van der Waals surface area contributed by atoms with Crippen LogP contribution < -0.4 is 0 Å². The molecule has 0 amide bonds. The molecule has 0 aliphatic heterocycles. The zero-order valence-electron chi connectivity index (χ0n) is 11.8. The molecule has 0 aliphatic carbocycles. The molecule has 0 aliphatic rings. The molecule has 4 heteroatoms. The summed E-state index contributed by atoms with van der Waals surface area (Å²) >= 11 is 1.71. The number of carbonyl (C=O) groups is 1. The Labute approximate surface area is 126 Å². The Bertz CT molecular complexity index is 845. The van der Waals surface area contributed by atoms with E-state index in [1.165, 1.54) is 25.2 Å². The van der Waals surface area contributed by atoms with Gasteiger partial charge in [0.15, 0.2) is 0 Å². The van der Waals surface area contributed by atoms with E-state index in [4.69, 9.17) is 9.47 Å². The first kappa shape index (κ1) is 13.6. The zero-order valence-corrected chi connectivity index (χ0v) is 12.6. The summed E-state index contributed by atoms with van der Waals surface area (Å²) in [5.41, 5.74) is 1.26. The summed E-state index contributed by atoms with van der Waals surface area (Å²) in [5, 5.41) is 2.20. The van der Waals surface area contributed by atoms with Crippen molar-refractivity contribution in [2.75, 3.05) is 14.2 Å². The lowest BCUT2D eigenvalue weighted by molar-refractivity contribution is -0.133. The third-order valence-corrected chi connectivity index (χ3v) is 4.47. The summed E-state index contributed by atoms with van der Waals surface area (Å²) in [5.74, 6) is -0.403. The van der Waals surface area contributed by atoms with E-state index in [-0.39, 0.29) is 0 Å². The van der Waals surface area contributed by atoms with E-state index in [9.17, 15) is 4.79 Å². The van der Waals surface area contributed by atoms with Gasteiger partial charge in [0.05, 0.1) is 20.5 Å². The molecule has 0 saturated heterocycles. The number of rotatable bonds is 3. The predicted molar refractivity (Wildman–Crippen MR) is 86.3 cm³/mol. The largest absolute Gasteiger partial charge is 0.503 e. The molecule has 3 aromatic rings. The van der Waals surface area contributed by atoms with Gasteiger partial charge < -0.3 is 9.47 Å². The van der Waals surface area contributed by atoms with E-state index in [2.05, 4.69) is 18.2 Å². The quantitative estimate of drug-likeness (QED) is 0.413. The number of benzene rings is 2. The average molecular weight is 298 g/mol. The first-order chi connectivity index (χ1) is 10.3. The molecule has 0 radical (unpaired) electrons. The van der Waals surface area contributed by atoms with E-state index in [1.807, 2.05) is 24.3 Å². The Morgan fingerprint density at radius 3 is 2.57 bits per heavy atom. The van der Waals surface area contributed by atoms with Gasteiger partial charge in [-0.15, -0.1) is 11.3 Å². The van der Waals surface area contributed by atoms with Crippen molar-refractivity contribution in [2.24, 2.45) is 0 Å². The summed E-state index contributed by atoms with van der Waals surface area (Å²) in [4.78, 5) is 12.0. The molecular weight excluding hydrogens is 284 g/mol. The average Bonchev–Trinajstić information content (AvgIpc) is 2.90. The Morgan fingerprint density at radius 2 is 1.81 bits per heavy atom. The van der Waals surface area contributed by atoms with Gasteiger partial charge >= 0.3 is 5.97 Å². The molecule has 21 heavy (non-hydrogen) atoms. The molecule has 0 spiro atoms. The summed E-state index contributed by atoms with van der Waals surface area (Å²) < 4.78 is 12.3. The highest BCUT2D eigenvalue weighted by molar-refractivity contribution is 7.25. The van der Waals surface area contributed by atoms with Crippen molar-refractivity contribution in [3.05, 3.63) is 54.3 Å². The van der Waals surface area contributed by atoms with Crippen molar-refractivity contribution >= 4 is 43.1 Å². The van der Waals surface area contributed by atoms with Crippen LogP contribution in [-0.2, 0) is 14.3 Å². The zero-order chi connectivity index (χ0) is 14.8. The van der Waals surface area contributed by atoms with Gasteiger partial charge in [0.2, 0.25) is 0 Å². The molecule has 0 N–H and O–H groups in total. The fourth-order valence-electron chi connectivity index (χ4n) is 2.45. The Morgan fingerprint density at radius 1 is 1.05 bits per heavy atom. The minimum absolute atomic E-state index is 0.403. The first-order valence-corrected chi connectivity index (χ1v) is 7.30. The Kier molecular flexibility index (Phi) is 3.62. The number of hydrogen-bond acceptors (Lipinski definition) is 4. The summed E-state index contributed by atoms with van der Waals surface area (Å²) in [7, 11) is 2.90. The van der Waals surface area contributed by atoms with Crippen LogP contribution in [0.1, 0.15) is 5.56 Å². The maximum Gasteiger partial charge on any atom is 0.341 e. The van der Waals surface area contributed by atoms with Crippen molar-refractivity contribution in [3.63, 3.8) is 0 Å². The van der Waals surface area contributed by atoms with Crippen LogP contribution >= 0.6 is 11.3 Å². The van der Waals surface area contributed by atoms with Gasteiger partial charge in [-0.05, 0) is 12.1 Å². The van der Waals surface area contributed by atoms with E-state index in [1.54, 1.807) is 11.3 Å². The predicted octanol–water partition coefficient (Wildman–Crippen LogP) is 4.21. The third-order valence-electron chi connectivity index (χ3n) is 3.33. The number of fused-ring (bicyclic) bond motifs is 3. The molecule has 0 bridgehead atoms. The highest BCUT2D eigenvalue weighted by atomic mass is 32.1. The van der Waals surface area contributed by atoms with Gasteiger partial charge in [0.1, 0.15) is 5.57 Å². The van der Waals surface area contributed by atoms with Crippen molar-refractivity contribution in [1.82, 2.24) is 0 Å². The van der Waals surface area contributed by atoms with Crippen LogP contribution in [-0.4, -0.2) is 20.2 Å². The second-order valence-corrected chi connectivity index (χ2v) is 5.62. The maximum absolute atomic E-state index is 12.0. The first-order valence-electron chi connectivity index (χ1n) is 6.48. The van der Waals surface area contributed by atoms with Crippen LogP contribution in [0.5, 0.6) is 0 Å². The summed E-state index contributed by atoms with van der Waals surface area (Å²) in [6.45, 7) is 0. The van der Waals surface area contributed by atoms with Gasteiger partial charge in [-0.2, -0.15) is 0 Å². The number of methoxy groups -OCH3 is 2. The molecular formula is C17H14O3S. The fraction of sp³-hybridized carbons (Fsp3) is 0.118. The fourth-order valence-corrected chi connectivity index (χ4v) is 3.58. The number of hydrogen-bond donors (Lipinski definition) is 0. The maximum atomic E-state index is 12.0. The minimum atomic E-state index is -0.403. The molecule has 3 nitrogen and oxygen atoms in total. The molecule has 1 aromatic heterocycles. The van der Waals surface area contributed by atoms with E-state index in [0.29, 0.717) is 5.57 Å². The standard InChI is InChI=1S/C17H14O3S/c1-19-10-13(17(18)20-2)11-7-5-9-15-16(11)12-6-3-4-8-14(12)21-15/h3-10H,1-2H3/b13-10+. The molecule has 0 saturated carbocycles. The number of esters is 1. The number of carbonyl (C=O) groups excluding carboxylic acids is 1. The highest BCUT2D eigenvalue weighted by Crippen LogP contribution is 2.38. The SMILES string of the molecule is CO/C=C(/C(=O)OC)c1cccc2sc3ccccc3c12. The normalized spacial score (nSPS) is 11.8. The second-order valence-electron chi connectivity index (χ2n) is 4.54.